The van der Waals surface area contributed by atoms with Crippen LogP contribution in [0.4, 0.5) is 0 Å². The van der Waals surface area contributed by atoms with Crippen LogP contribution < -0.4 is 25.9 Å². The Morgan fingerprint density at radius 2 is 0.857 bits per heavy atom. The van der Waals surface area contributed by atoms with Gasteiger partial charge in [0, 0.05) is 5.46 Å². The summed E-state index contributed by atoms with van der Waals surface area (Å²) in [5, 5.41) is 0. The van der Waals surface area contributed by atoms with Gasteiger partial charge in [0.25, 0.3) is 6.71 Å². The zero-order valence-corrected chi connectivity index (χ0v) is 30.8. The maximum Gasteiger partial charge on any atom is 0.260 e. The Balaban J connectivity index is 1.15. The van der Waals surface area contributed by atoms with E-state index < -0.39 is 0 Å². The average molecular weight is 643 g/mol. The van der Waals surface area contributed by atoms with E-state index >= 15 is 0 Å². The van der Waals surface area contributed by atoms with Gasteiger partial charge in [0.2, 0.25) is 0 Å². The molecule has 3 heteroatoms. The van der Waals surface area contributed by atoms with Gasteiger partial charge in [0.1, 0.15) is 23.0 Å². The Hall–Kier alpha value is -4.24. The Bertz CT molecular complexity index is 2110. The van der Waals surface area contributed by atoms with Crippen molar-refractivity contribution in [3.63, 3.8) is 0 Å². The van der Waals surface area contributed by atoms with Gasteiger partial charge in [-0.3, -0.25) is 0 Å². The third-order valence-corrected chi connectivity index (χ3v) is 12.4. The molecule has 0 aromatic heterocycles. The lowest BCUT2D eigenvalue weighted by Gasteiger charge is -2.33. The van der Waals surface area contributed by atoms with Crippen LogP contribution >= 0.6 is 0 Å². The van der Waals surface area contributed by atoms with E-state index in [1.165, 1.54) is 66.6 Å². The predicted molar refractivity (Wildman–Crippen MR) is 206 cm³/mol. The van der Waals surface area contributed by atoms with Crippen LogP contribution in [0.25, 0.3) is 22.3 Å². The smallest absolute Gasteiger partial charge is 0.260 e. The summed E-state index contributed by atoms with van der Waals surface area (Å²) in [4.78, 5) is 0. The van der Waals surface area contributed by atoms with E-state index in [9.17, 15) is 0 Å². The second-order valence-corrected chi connectivity index (χ2v) is 18.1. The molecule has 0 unspecified atom stereocenters. The van der Waals surface area contributed by atoms with E-state index in [1.807, 2.05) is 0 Å². The first-order valence-electron chi connectivity index (χ1n) is 18.1. The summed E-state index contributed by atoms with van der Waals surface area (Å²) < 4.78 is 13.4. The Labute approximate surface area is 293 Å². The molecule has 0 atom stereocenters. The standard InChI is InChI=1S/C46H47BO2/c1-26-18-32-34(45(7,8)24-43(32,3)4)22-30(26)28-14-16-36-40(20-28)48-38-12-11-13-39-42(38)47(36)37-17-15-29(21-41(37)49-39)31-23-35-33(19-27(31)2)44(5,6)25-46(35,9)10/h11-23H,24-25H2,1-10H3. The van der Waals surface area contributed by atoms with Crippen LogP contribution in [0, 0.1) is 13.8 Å². The molecule has 2 aliphatic heterocycles. The van der Waals surface area contributed by atoms with E-state index in [4.69, 9.17) is 9.47 Å². The maximum atomic E-state index is 6.72. The first-order valence-corrected chi connectivity index (χ1v) is 18.1. The number of ether oxygens (including phenoxy) is 2. The molecular formula is C46H47BO2. The van der Waals surface area contributed by atoms with Crippen molar-refractivity contribution in [1.29, 1.82) is 0 Å². The second kappa shape index (κ2) is 9.72. The highest BCUT2D eigenvalue weighted by Gasteiger charge is 2.44. The summed E-state index contributed by atoms with van der Waals surface area (Å²) in [6.07, 6.45) is 2.33. The van der Waals surface area contributed by atoms with Gasteiger partial charge < -0.3 is 9.47 Å². The molecule has 0 saturated carbocycles. The molecule has 9 rings (SSSR count). The summed E-state index contributed by atoms with van der Waals surface area (Å²) >= 11 is 0. The number of benzene rings is 5. The fourth-order valence-corrected chi connectivity index (χ4v) is 10.6. The zero-order valence-electron chi connectivity index (χ0n) is 30.8. The van der Waals surface area contributed by atoms with Crippen molar-refractivity contribution in [2.45, 2.75) is 104 Å². The topological polar surface area (TPSA) is 18.5 Å². The summed E-state index contributed by atoms with van der Waals surface area (Å²) in [7, 11) is 0. The fraction of sp³-hybridized carbons (Fsp3) is 0.348. The van der Waals surface area contributed by atoms with Crippen molar-refractivity contribution in [3.05, 3.63) is 112 Å². The van der Waals surface area contributed by atoms with Crippen molar-refractivity contribution >= 4 is 23.1 Å². The molecule has 0 fully saturated rings. The molecule has 2 heterocycles. The van der Waals surface area contributed by atoms with Gasteiger partial charge in [-0.25, -0.2) is 0 Å². The highest BCUT2D eigenvalue weighted by Crippen LogP contribution is 2.52. The van der Waals surface area contributed by atoms with Crippen LogP contribution in [0.3, 0.4) is 0 Å². The van der Waals surface area contributed by atoms with Gasteiger partial charge in [-0.2, -0.15) is 0 Å². The van der Waals surface area contributed by atoms with Crippen molar-refractivity contribution < 1.29 is 9.47 Å². The van der Waals surface area contributed by atoms with Gasteiger partial charge in [0.15, 0.2) is 0 Å². The lowest BCUT2D eigenvalue weighted by molar-refractivity contribution is 0.402. The quantitative estimate of drug-likeness (QED) is 0.175. The first-order chi connectivity index (χ1) is 23.0. The third kappa shape index (κ3) is 4.40. The number of hydrogen-bond donors (Lipinski definition) is 0. The molecule has 0 saturated heterocycles. The van der Waals surface area contributed by atoms with E-state index in [2.05, 4.69) is 148 Å². The van der Waals surface area contributed by atoms with Gasteiger partial charge >= 0.3 is 0 Å². The molecule has 5 aromatic rings. The molecule has 2 aliphatic carbocycles. The highest BCUT2D eigenvalue weighted by molar-refractivity contribution is 6.98. The van der Waals surface area contributed by atoms with Crippen LogP contribution in [-0.2, 0) is 21.7 Å². The minimum absolute atomic E-state index is 0.0449. The summed E-state index contributed by atoms with van der Waals surface area (Å²) in [5.41, 5.74) is 17.8. The maximum absolute atomic E-state index is 6.72. The van der Waals surface area contributed by atoms with Gasteiger partial charge in [-0.15, -0.1) is 0 Å². The lowest BCUT2D eigenvalue weighted by Crippen LogP contribution is -2.57. The van der Waals surface area contributed by atoms with Gasteiger partial charge in [0.05, 0.1) is 0 Å². The number of hydrogen-bond acceptors (Lipinski definition) is 2. The predicted octanol–water partition coefficient (Wildman–Crippen LogP) is 10.3. The number of fused-ring (bicyclic) bond motifs is 6. The molecule has 5 aromatic carbocycles. The summed E-state index contributed by atoms with van der Waals surface area (Å²) in [6.45, 7) is 23.7. The molecule has 0 radical (unpaired) electrons. The van der Waals surface area contributed by atoms with Crippen LogP contribution in [0.5, 0.6) is 23.0 Å². The van der Waals surface area contributed by atoms with E-state index in [0.717, 1.165) is 41.3 Å². The molecule has 0 spiro atoms. The van der Waals surface area contributed by atoms with E-state index in [-0.39, 0.29) is 28.4 Å². The third-order valence-electron chi connectivity index (χ3n) is 12.4. The minimum Gasteiger partial charge on any atom is -0.458 e. The average Bonchev–Trinajstić information content (AvgIpc) is 3.32. The molecule has 246 valence electrons. The Morgan fingerprint density at radius 1 is 0.469 bits per heavy atom. The molecule has 2 nitrogen and oxygen atoms in total. The monoisotopic (exact) mass is 642 g/mol. The Morgan fingerprint density at radius 3 is 1.27 bits per heavy atom. The molecule has 4 aliphatic rings. The van der Waals surface area contributed by atoms with Crippen LogP contribution in [0.15, 0.2) is 78.9 Å². The molecule has 0 bridgehead atoms. The van der Waals surface area contributed by atoms with E-state index in [1.54, 1.807) is 0 Å². The zero-order chi connectivity index (χ0) is 34.4. The summed E-state index contributed by atoms with van der Waals surface area (Å²) in [5.74, 6) is 3.63. The number of aryl methyl sites for hydroxylation is 2. The molecule has 0 N–H and O–H groups in total. The van der Waals surface area contributed by atoms with Crippen molar-refractivity contribution in [2.75, 3.05) is 0 Å². The fourth-order valence-electron chi connectivity index (χ4n) is 10.6. The SMILES string of the molecule is Cc1cc2c(cc1-c1ccc3c(c1)Oc1cccc4c1B3c1ccc(-c3cc5c(cc3C)C(C)(C)CC5(C)C)cc1O4)C(C)(C)CC2(C)C. The van der Waals surface area contributed by atoms with Gasteiger partial charge in [-0.05, 0) is 139 Å². The van der Waals surface area contributed by atoms with E-state index in [0.29, 0.717) is 0 Å². The minimum atomic E-state index is 0.0449. The molecular weight excluding hydrogens is 595 g/mol. The second-order valence-electron chi connectivity index (χ2n) is 18.1. The van der Waals surface area contributed by atoms with Crippen molar-refractivity contribution in [2.24, 2.45) is 0 Å². The number of rotatable bonds is 2. The summed E-state index contributed by atoms with van der Waals surface area (Å²) in [6, 6.07) is 29.8. The van der Waals surface area contributed by atoms with Crippen LogP contribution in [0.2, 0.25) is 0 Å². The Kier molecular flexibility index (Phi) is 6.11. The highest BCUT2D eigenvalue weighted by atomic mass is 16.5. The normalized spacial score (nSPS) is 19.2. The van der Waals surface area contributed by atoms with Crippen molar-refractivity contribution in [1.82, 2.24) is 0 Å². The van der Waals surface area contributed by atoms with Crippen LogP contribution in [-0.4, -0.2) is 6.71 Å². The largest absolute Gasteiger partial charge is 0.458 e. The van der Waals surface area contributed by atoms with Crippen LogP contribution in [0.1, 0.15) is 102 Å². The molecule has 0 amide bonds. The van der Waals surface area contributed by atoms with Crippen molar-refractivity contribution in [3.8, 4) is 45.3 Å². The lowest BCUT2D eigenvalue weighted by atomic mass is 9.35. The molecule has 49 heavy (non-hydrogen) atoms. The van der Waals surface area contributed by atoms with Gasteiger partial charge in [-0.1, -0.05) is 110 Å². The first kappa shape index (κ1) is 30.8.